The number of para-hydroxylation sites is 1. The van der Waals surface area contributed by atoms with Crippen molar-refractivity contribution in [2.24, 2.45) is 5.41 Å². The standard InChI is InChI=1S/C24H32N2O2/c1-7-26(17-18-13-9-8-10-14-18)22(28)24(5,6)21(27)25-20-16-12-11-15-19(20)23(2,3)4/h8-16H,7,17H2,1-6H3,(H,25,27). The molecule has 2 aromatic carbocycles. The summed E-state index contributed by atoms with van der Waals surface area (Å²) in [7, 11) is 0. The molecule has 2 amide bonds. The van der Waals surface area contributed by atoms with Crippen LogP contribution in [0.5, 0.6) is 0 Å². The molecule has 0 aromatic heterocycles. The maximum absolute atomic E-state index is 13.2. The van der Waals surface area contributed by atoms with Gasteiger partial charge in [0.05, 0.1) is 0 Å². The van der Waals surface area contributed by atoms with E-state index in [4.69, 9.17) is 0 Å². The van der Waals surface area contributed by atoms with Crippen LogP contribution in [0.3, 0.4) is 0 Å². The van der Waals surface area contributed by atoms with E-state index in [1.165, 1.54) is 0 Å². The lowest BCUT2D eigenvalue weighted by Crippen LogP contribution is -2.47. The molecule has 0 aliphatic carbocycles. The first-order valence-corrected chi connectivity index (χ1v) is 9.81. The zero-order chi connectivity index (χ0) is 20.9. The molecule has 150 valence electrons. The fourth-order valence-electron chi connectivity index (χ4n) is 3.15. The molecule has 0 heterocycles. The summed E-state index contributed by atoms with van der Waals surface area (Å²) in [5, 5.41) is 2.99. The van der Waals surface area contributed by atoms with Gasteiger partial charge in [0, 0.05) is 18.8 Å². The summed E-state index contributed by atoms with van der Waals surface area (Å²) in [4.78, 5) is 28.0. The quantitative estimate of drug-likeness (QED) is 0.717. The Morgan fingerprint density at radius 1 is 0.893 bits per heavy atom. The molecule has 4 heteroatoms. The van der Waals surface area contributed by atoms with Gasteiger partial charge in [0.25, 0.3) is 0 Å². The van der Waals surface area contributed by atoms with Crippen LogP contribution in [0.2, 0.25) is 0 Å². The zero-order valence-electron chi connectivity index (χ0n) is 17.9. The molecule has 1 N–H and O–H groups in total. The second-order valence-corrected chi connectivity index (χ2v) is 8.68. The highest BCUT2D eigenvalue weighted by Gasteiger charge is 2.39. The van der Waals surface area contributed by atoms with Gasteiger partial charge in [-0.25, -0.2) is 0 Å². The molecule has 2 rings (SSSR count). The molecule has 0 radical (unpaired) electrons. The first-order chi connectivity index (χ1) is 13.1. The Bertz CT molecular complexity index is 820. The minimum absolute atomic E-state index is 0.110. The number of carbonyl (C=O) groups excluding carboxylic acids is 2. The summed E-state index contributed by atoms with van der Waals surface area (Å²) in [6.45, 7) is 12.7. The van der Waals surface area contributed by atoms with Crippen molar-refractivity contribution < 1.29 is 9.59 Å². The predicted molar refractivity (Wildman–Crippen MR) is 115 cm³/mol. The maximum atomic E-state index is 13.2. The second kappa shape index (κ2) is 8.59. The molecular weight excluding hydrogens is 348 g/mol. The fraction of sp³-hybridized carbons (Fsp3) is 0.417. The first-order valence-electron chi connectivity index (χ1n) is 9.81. The van der Waals surface area contributed by atoms with Crippen LogP contribution in [0.15, 0.2) is 54.6 Å². The molecule has 28 heavy (non-hydrogen) atoms. The minimum Gasteiger partial charge on any atom is -0.338 e. The van der Waals surface area contributed by atoms with E-state index in [0.29, 0.717) is 13.1 Å². The van der Waals surface area contributed by atoms with Gasteiger partial charge in [-0.3, -0.25) is 9.59 Å². The van der Waals surface area contributed by atoms with Gasteiger partial charge < -0.3 is 10.2 Å². The van der Waals surface area contributed by atoms with E-state index in [9.17, 15) is 9.59 Å². The third-order valence-electron chi connectivity index (χ3n) is 4.97. The summed E-state index contributed by atoms with van der Waals surface area (Å²) in [5.41, 5.74) is 1.57. The highest BCUT2D eigenvalue weighted by atomic mass is 16.2. The number of anilines is 1. The fourth-order valence-corrected chi connectivity index (χ4v) is 3.15. The van der Waals surface area contributed by atoms with Crippen LogP contribution in [-0.4, -0.2) is 23.3 Å². The van der Waals surface area contributed by atoms with Crippen LogP contribution in [0.25, 0.3) is 0 Å². The first kappa shape index (κ1) is 21.7. The van der Waals surface area contributed by atoms with Crippen LogP contribution in [0, 0.1) is 5.41 Å². The van der Waals surface area contributed by atoms with Crippen molar-refractivity contribution in [1.29, 1.82) is 0 Å². The SMILES string of the molecule is CCN(Cc1ccccc1)C(=O)C(C)(C)C(=O)Nc1ccccc1C(C)(C)C. The molecule has 0 saturated heterocycles. The number of rotatable bonds is 6. The van der Waals surface area contributed by atoms with Gasteiger partial charge in [-0.05, 0) is 43.4 Å². The lowest BCUT2D eigenvalue weighted by Gasteiger charge is -2.31. The van der Waals surface area contributed by atoms with Gasteiger partial charge in [0.15, 0.2) is 0 Å². The van der Waals surface area contributed by atoms with E-state index in [-0.39, 0.29) is 17.2 Å². The summed E-state index contributed by atoms with van der Waals surface area (Å²) in [6, 6.07) is 17.6. The monoisotopic (exact) mass is 380 g/mol. The third-order valence-corrected chi connectivity index (χ3v) is 4.97. The van der Waals surface area contributed by atoms with E-state index in [2.05, 4.69) is 26.1 Å². The molecule has 0 unspecified atom stereocenters. The molecule has 0 fully saturated rings. The average molecular weight is 381 g/mol. The summed E-state index contributed by atoms with van der Waals surface area (Å²) < 4.78 is 0. The molecule has 0 atom stereocenters. The molecule has 0 spiro atoms. The Balaban J connectivity index is 2.21. The second-order valence-electron chi connectivity index (χ2n) is 8.68. The largest absolute Gasteiger partial charge is 0.338 e. The lowest BCUT2D eigenvalue weighted by molar-refractivity contribution is -0.146. The molecule has 0 saturated carbocycles. The van der Waals surface area contributed by atoms with Gasteiger partial charge in [-0.15, -0.1) is 0 Å². The van der Waals surface area contributed by atoms with Crippen molar-refractivity contribution in [3.63, 3.8) is 0 Å². The number of carbonyl (C=O) groups is 2. The molecule has 0 bridgehead atoms. The molecule has 2 aromatic rings. The summed E-state index contributed by atoms with van der Waals surface area (Å²) in [5.74, 6) is -0.467. The highest BCUT2D eigenvalue weighted by Crippen LogP contribution is 2.31. The lowest BCUT2D eigenvalue weighted by atomic mass is 9.85. The van der Waals surface area contributed by atoms with E-state index in [1.807, 2.05) is 61.5 Å². The Labute approximate surface area is 169 Å². The number of amides is 2. The Hall–Kier alpha value is -2.62. The topological polar surface area (TPSA) is 49.4 Å². The number of hydrogen-bond donors (Lipinski definition) is 1. The summed E-state index contributed by atoms with van der Waals surface area (Å²) >= 11 is 0. The molecule has 0 aliphatic heterocycles. The van der Waals surface area contributed by atoms with Crippen LogP contribution in [0.4, 0.5) is 5.69 Å². The zero-order valence-corrected chi connectivity index (χ0v) is 17.9. The Morgan fingerprint density at radius 2 is 1.46 bits per heavy atom. The van der Waals surface area contributed by atoms with Gasteiger partial charge in [-0.1, -0.05) is 69.3 Å². The Morgan fingerprint density at radius 3 is 2.04 bits per heavy atom. The van der Waals surface area contributed by atoms with Crippen molar-refractivity contribution in [3.8, 4) is 0 Å². The van der Waals surface area contributed by atoms with Crippen molar-refractivity contribution in [2.45, 2.75) is 53.5 Å². The number of nitrogens with zero attached hydrogens (tertiary/aromatic N) is 1. The van der Waals surface area contributed by atoms with Gasteiger partial charge in [0.1, 0.15) is 5.41 Å². The van der Waals surface area contributed by atoms with Gasteiger partial charge in [-0.2, -0.15) is 0 Å². The van der Waals surface area contributed by atoms with Crippen LogP contribution in [-0.2, 0) is 21.5 Å². The van der Waals surface area contributed by atoms with Crippen LogP contribution >= 0.6 is 0 Å². The predicted octanol–water partition coefficient (Wildman–Crippen LogP) is 5.00. The van der Waals surface area contributed by atoms with Crippen LogP contribution in [0.1, 0.15) is 52.7 Å². The average Bonchev–Trinajstić information content (AvgIpc) is 2.65. The molecule has 4 nitrogen and oxygen atoms in total. The number of benzene rings is 2. The summed E-state index contributed by atoms with van der Waals surface area (Å²) in [6.07, 6.45) is 0. The highest BCUT2D eigenvalue weighted by molar-refractivity contribution is 6.10. The van der Waals surface area contributed by atoms with Crippen molar-refractivity contribution >= 4 is 17.5 Å². The smallest absolute Gasteiger partial charge is 0.239 e. The third kappa shape index (κ3) is 5.00. The molecule has 0 aliphatic rings. The maximum Gasteiger partial charge on any atom is 0.239 e. The number of nitrogens with one attached hydrogen (secondary N) is 1. The van der Waals surface area contributed by atoms with Crippen molar-refractivity contribution in [2.75, 3.05) is 11.9 Å². The van der Waals surface area contributed by atoms with E-state index in [1.54, 1.807) is 18.7 Å². The van der Waals surface area contributed by atoms with E-state index >= 15 is 0 Å². The van der Waals surface area contributed by atoms with Crippen molar-refractivity contribution in [1.82, 2.24) is 4.90 Å². The normalized spacial score (nSPS) is 11.8. The Kier molecular flexibility index (Phi) is 6.65. The van der Waals surface area contributed by atoms with E-state index < -0.39 is 5.41 Å². The van der Waals surface area contributed by atoms with Gasteiger partial charge >= 0.3 is 0 Å². The number of hydrogen-bond acceptors (Lipinski definition) is 2. The molecular formula is C24H32N2O2. The van der Waals surface area contributed by atoms with Gasteiger partial charge in [0.2, 0.25) is 11.8 Å². The van der Waals surface area contributed by atoms with Crippen molar-refractivity contribution in [3.05, 3.63) is 65.7 Å². The van der Waals surface area contributed by atoms with Crippen LogP contribution < -0.4 is 5.32 Å². The minimum atomic E-state index is -1.17. The van der Waals surface area contributed by atoms with E-state index in [0.717, 1.165) is 16.8 Å².